The molecule has 0 spiro atoms. The monoisotopic (exact) mass is 229 g/mol. The summed E-state index contributed by atoms with van der Waals surface area (Å²) in [5.74, 6) is 0.668. The van der Waals surface area contributed by atoms with Gasteiger partial charge in [-0.1, -0.05) is 6.07 Å². The van der Waals surface area contributed by atoms with Crippen LogP contribution in [0.25, 0.3) is 10.9 Å². The molecule has 0 amide bonds. The molecule has 90 valence electrons. The average Bonchev–Trinajstić information content (AvgIpc) is 2.93. The molecule has 1 atom stereocenters. The Hall–Kier alpha value is -1.32. The van der Waals surface area contributed by atoms with E-state index in [-0.39, 0.29) is 0 Å². The van der Waals surface area contributed by atoms with Gasteiger partial charge in [0.15, 0.2) is 0 Å². The number of aromatic amines is 1. The standard InChI is InChI=1S/C14H19N3/c1-17-5-4-11(9-17)13-8-16-14-3-2-10(7-15)6-12(13)14/h2-3,6,8,11,16H,4-5,7,9,15H2,1H3. The number of nitrogens with two attached hydrogens (primary N) is 1. The number of benzene rings is 1. The van der Waals surface area contributed by atoms with Gasteiger partial charge in [0.1, 0.15) is 0 Å². The summed E-state index contributed by atoms with van der Waals surface area (Å²) in [6.45, 7) is 2.98. The van der Waals surface area contributed by atoms with Crippen molar-refractivity contribution in [2.24, 2.45) is 5.73 Å². The van der Waals surface area contributed by atoms with Gasteiger partial charge in [-0.2, -0.15) is 0 Å². The van der Waals surface area contributed by atoms with Crippen LogP contribution >= 0.6 is 0 Å². The van der Waals surface area contributed by atoms with Crippen LogP contribution < -0.4 is 5.73 Å². The van der Waals surface area contributed by atoms with Gasteiger partial charge in [0.2, 0.25) is 0 Å². The molecule has 0 aliphatic carbocycles. The fourth-order valence-electron chi connectivity index (χ4n) is 2.84. The number of nitrogens with zero attached hydrogens (tertiary/aromatic N) is 1. The molecule has 0 bridgehead atoms. The Labute approximate surface area is 102 Å². The van der Waals surface area contributed by atoms with E-state index in [1.807, 2.05) is 0 Å². The van der Waals surface area contributed by atoms with Crippen molar-refractivity contribution in [3.05, 3.63) is 35.5 Å². The van der Waals surface area contributed by atoms with Crippen LogP contribution in [0.2, 0.25) is 0 Å². The third kappa shape index (κ3) is 1.85. The van der Waals surface area contributed by atoms with Crippen LogP contribution in [0.3, 0.4) is 0 Å². The first-order chi connectivity index (χ1) is 8.28. The summed E-state index contributed by atoms with van der Waals surface area (Å²) in [5, 5.41) is 1.35. The lowest BCUT2D eigenvalue weighted by Crippen LogP contribution is -2.13. The predicted octanol–water partition coefficient (Wildman–Crippen LogP) is 2.05. The maximum atomic E-state index is 5.72. The quantitative estimate of drug-likeness (QED) is 0.827. The van der Waals surface area contributed by atoms with E-state index in [1.165, 1.54) is 41.5 Å². The van der Waals surface area contributed by atoms with E-state index < -0.39 is 0 Å². The summed E-state index contributed by atoms with van der Waals surface area (Å²) in [6.07, 6.45) is 3.44. The van der Waals surface area contributed by atoms with Crippen molar-refractivity contribution in [1.29, 1.82) is 0 Å². The Bertz CT molecular complexity index is 529. The van der Waals surface area contributed by atoms with Crippen molar-refractivity contribution in [2.45, 2.75) is 18.9 Å². The molecule has 1 unspecified atom stereocenters. The molecule has 0 saturated carbocycles. The Morgan fingerprint density at radius 1 is 1.47 bits per heavy atom. The molecule has 3 nitrogen and oxygen atoms in total. The fraction of sp³-hybridized carbons (Fsp3) is 0.429. The molecule has 1 saturated heterocycles. The molecule has 1 aromatic heterocycles. The number of hydrogen-bond acceptors (Lipinski definition) is 2. The maximum Gasteiger partial charge on any atom is 0.0457 e. The minimum Gasteiger partial charge on any atom is -0.361 e. The van der Waals surface area contributed by atoms with E-state index >= 15 is 0 Å². The zero-order chi connectivity index (χ0) is 11.8. The van der Waals surface area contributed by atoms with Crippen molar-refractivity contribution in [3.8, 4) is 0 Å². The smallest absolute Gasteiger partial charge is 0.0457 e. The molecule has 2 heterocycles. The second-order valence-electron chi connectivity index (χ2n) is 5.08. The molecule has 1 aliphatic heterocycles. The molecule has 1 fully saturated rings. The lowest BCUT2D eigenvalue weighted by atomic mass is 9.97. The second-order valence-corrected chi connectivity index (χ2v) is 5.08. The highest BCUT2D eigenvalue weighted by Crippen LogP contribution is 2.32. The van der Waals surface area contributed by atoms with Crippen LogP contribution in [0, 0.1) is 0 Å². The van der Waals surface area contributed by atoms with Gasteiger partial charge in [-0.05, 0) is 49.2 Å². The zero-order valence-electron chi connectivity index (χ0n) is 10.2. The maximum absolute atomic E-state index is 5.72. The van der Waals surface area contributed by atoms with Gasteiger partial charge < -0.3 is 15.6 Å². The number of H-pyrrole nitrogens is 1. The minimum atomic E-state index is 0.616. The lowest BCUT2D eigenvalue weighted by molar-refractivity contribution is 0.412. The SMILES string of the molecule is CN1CCC(c2c[nH]c3ccc(CN)cc23)C1. The number of aromatic nitrogens is 1. The van der Waals surface area contributed by atoms with Crippen LogP contribution in [-0.4, -0.2) is 30.0 Å². The van der Waals surface area contributed by atoms with Crippen molar-refractivity contribution in [1.82, 2.24) is 9.88 Å². The molecule has 0 radical (unpaired) electrons. The lowest BCUT2D eigenvalue weighted by Gasteiger charge is -2.09. The van der Waals surface area contributed by atoms with Crippen LogP contribution in [0.4, 0.5) is 0 Å². The number of fused-ring (bicyclic) bond motifs is 1. The van der Waals surface area contributed by atoms with Gasteiger partial charge in [0.25, 0.3) is 0 Å². The number of hydrogen-bond donors (Lipinski definition) is 2. The number of rotatable bonds is 2. The molecular formula is C14H19N3. The van der Waals surface area contributed by atoms with E-state index in [0.717, 1.165) is 0 Å². The summed E-state index contributed by atoms with van der Waals surface area (Å²) < 4.78 is 0. The Balaban J connectivity index is 2.04. The van der Waals surface area contributed by atoms with Gasteiger partial charge in [-0.25, -0.2) is 0 Å². The molecular weight excluding hydrogens is 210 g/mol. The zero-order valence-corrected chi connectivity index (χ0v) is 10.2. The molecule has 3 rings (SSSR count). The normalized spacial score (nSPS) is 21.4. The van der Waals surface area contributed by atoms with Gasteiger partial charge in [0.05, 0.1) is 0 Å². The Morgan fingerprint density at radius 3 is 3.06 bits per heavy atom. The average molecular weight is 229 g/mol. The minimum absolute atomic E-state index is 0.616. The van der Waals surface area contributed by atoms with Gasteiger partial charge in [-0.3, -0.25) is 0 Å². The first-order valence-corrected chi connectivity index (χ1v) is 6.26. The fourth-order valence-corrected chi connectivity index (χ4v) is 2.84. The summed E-state index contributed by atoms with van der Waals surface area (Å²) in [5.41, 5.74) is 9.62. The summed E-state index contributed by atoms with van der Waals surface area (Å²) in [4.78, 5) is 5.77. The third-order valence-electron chi connectivity index (χ3n) is 3.85. The van der Waals surface area contributed by atoms with E-state index in [2.05, 4.69) is 41.3 Å². The number of likely N-dealkylation sites (tertiary alicyclic amines) is 1. The van der Waals surface area contributed by atoms with Crippen molar-refractivity contribution in [2.75, 3.05) is 20.1 Å². The third-order valence-corrected chi connectivity index (χ3v) is 3.85. The van der Waals surface area contributed by atoms with Crippen molar-refractivity contribution >= 4 is 10.9 Å². The van der Waals surface area contributed by atoms with Gasteiger partial charge in [0, 0.05) is 30.2 Å². The Morgan fingerprint density at radius 2 is 2.35 bits per heavy atom. The molecule has 1 aliphatic rings. The molecule has 17 heavy (non-hydrogen) atoms. The Kier molecular flexibility index (Phi) is 2.65. The van der Waals surface area contributed by atoms with E-state index in [1.54, 1.807) is 0 Å². The molecule has 2 aromatic rings. The first-order valence-electron chi connectivity index (χ1n) is 6.26. The van der Waals surface area contributed by atoms with Gasteiger partial charge >= 0.3 is 0 Å². The van der Waals surface area contributed by atoms with E-state index in [0.29, 0.717) is 12.5 Å². The van der Waals surface area contributed by atoms with Crippen molar-refractivity contribution < 1.29 is 0 Å². The predicted molar refractivity (Wildman–Crippen MR) is 71.0 cm³/mol. The van der Waals surface area contributed by atoms with Crippen LogP contribution in [-0.2, 0) is 6.54 Å². The number of nitrogens with one attached hydrogen (secondary N) is 1. The molecule has 3 heteroatoms. The number of likely N-dealkylation sites (N-methyl/N-ethyl adjacent to an activating group) is 1. The van der Waals surface area contributed by atoms with Gasteiger partial charge in [-0.15, -0.1) is 0 Å². The molecule has 1 aromatic carbocycles. The van der Waals surface area contributed by atoms with Crippen LogP contribution in [0.15, 0.2) is 24.4 Å². The second kappa shape index (κ2) is 4.17. The highest BCUT2D eigenvalue weighted by atomic mass is 15.1. The van der Waals surface area contributed by atoms with E-state index in [9.17, 15) is 0 Å². The van der Waals surface area contributed by atoms with Crippen LogP contribution in [0.1, 0.15) is 23.5 Å². The largest absolute Gasteiger partial charge is 0.361 e. The summed E-state index contributed by atoms with van der Waals surface area (Å²) in [6, 6.07) is 6.47. The highest BCUT2D eigenvalue weighted by molar-refractivity contribution is 5.84. The summed E-state index contributed by atoms with van der Waals surface area (Å²) >= 11 is 0. The van der Waals surface area contributed by atoms with Crippen molar-refractivity contribution in [3.63, 3.8) is 0 Å². The first kappa shape index (κ1) is 10.8. The summed E-state index contributed by atoms with van der Waals surface area (Å²) in [7, 11) is 2.19. The topological polar surface area (TPSA) is 45.0 Å². The van der Waals surface area contributed by atoms with Crippen LogP contribution in [0.5, 0.6) is 0 Å². The highest BCUT2D eigenvalue weighted by Gasteiger charge is 2.23. The van der Waals surface area contributed by atoms with E-state index in [4.69, 9.17) is 5.73 Å². The molecule has 3 N–H and O–H groups in total.